The predicted octanol–water partition coefficient (Wildman–Crippen LogP) is 3.89. The van der Waals surface area contributed by atoms with E-state index in [0.29, 0.717) is 22.7 Å². The molecule has 0 spiro atoms. The van der Waals surface area contributed by atoms with Crippen LogP contribution in [0.25, 0.3) is 0 Å². The van der Waals surface area contributed by atoms with Crippen LogP contribution in [0.2, 0.25) is 0 Å². The van der Waals surface area contributed by atoms with Gasteiger partial charge in [0.2, 0.25) is 0 Å². The minimum Gasteiger partial charge on any atom is -0.494 e. The van der Waals surface area contributed by atoms with E-state index in [1.807, 2.05) is 20.8 Å². The number of anilines is 1. The fourth-order valence-electron chi connectivity index (χ4n) is 1.89. The summed E-state index contributed by atoms with van der Waals surface area (Å²) in [5.74, 6) is 0.505. The topological polar surface area (TPSA) is 62.1 Å². The van der Waals surface area contributed by atoms with Crippen LogP contribution in [-0.4, -0.2) is 12.5 Å². The summed E-state index contributed by atoms with van der Waals surface area (Å²) < 4.78 is 5.34. The van der Waals surface area contributed by atoms with Gasteiger partial charge in [-0.1, -0.05) is 0 Å². The van der Waals surface area contributed by atoms with Crippen LogP contribution in [0.5, 0.6) is 5.75 Å². The second-order valence-electron chi connectivity index (χ2n) is 4.51. The van der Waals surface area contributed by atoms with Gasteiger partial charge < -0.3 is 10.1 Å². The molecule has 1 heterocycles. The quantitative estimate of drug-likeness (QED) is 0.931. The van der Waals surface area contributed by atoms with E-state index >= 15 is 0 Å². The van der Waals surface area contributed by atoms with Crippen LogP contribution < -0.4 is 10.1 Å². The second-order valence-corrected chi connectivity index (χ2v) is 5.74. The summed E-state index contributed by atoms with van der Waals surface area (Å²) in [5.41, 5.74) is 1.99. The van der Waals surface area contributed by atoms with Crippen molar-refractivity contribution in [3.8, 4) is 11.8 Å². The SMILES string of the molecule is CCOc1ccc(C(=O)Nc2sc(C)c(C)c2C#N)cc1. The van der Waals surface area contributed by atoms with E-state index in [0.717, 1.165) is 16.2 Å². The molecule has 2 aromatic rings. The van der Waals surface area contributed by atoms with E-state index in [9.17, 15) is 10.1 Å². The number of hydrogen-bond donors (Lipinski definition) is 1. The highest BCUT2D eigenvalue weighted by molar-refractivity contribution is 7.16. The summed E-state index contributed by atoms with van der Waals surface area (Å²) in [5, 5.41) is 12.6. The van der Waals surface area contributed by atoms with Crippen molar-refractivity contribution in [1.82, 2.24) is 0 Å². The smallest absolute Gasteiger partial charge is 0.256 e. The summed E-state index contributed by atoms with van der Waals surface area (Å²) in [7, 11) is 0. The Morgan fingerprint density at radius 3 is 2.57 bits per heavy atom. The first-order valence-corrected chi connectivity index (χ1v) is 7.42. The van der Waals surface area contributed by atoms with Crippen molar-refractivity contribution >= 4 is 22.2 Å². The van der Waals surface area contributed by atoms with Crippen LogP contribution in [0.3, 0.4) is 0 Å². The molecule has 1 aromatic heterocycles. The second kappa shape index (κ2) is 6.42. The minimum atomic E-state index is -0.226. The maximum absolute atomic E-state index is 12.2. The molecule has 0 bridgehead atoms. The minimum absolute atomic E-state index is 0.226. The largest absolute Gasteiger partial charge is 0.494 e. The van der Waals surface area contributed by atoms with Crippen LogP contribution in [0, 0.1) is 25.2 Å². The van der Waals surface area contributed by atoms with E-state index in [-0.39, 0.29) is 5.91 Å². The third-order valence-electron chi connectivity index (χ3n) is 3.15. The molecule has 2 rings (SSSR count). The number of hydrogen-bond acceptors (Lipinski definition) is 4. The zero-order valence-corrected chi connectivity index (χ0v) is 13.0. The van der Waals surface area contributed by atoms with Crippen LogP contribution in [0.4, 0.5) is 5.00 Å². The van der Waals surface area contributed by atoms with E-state index in [1.165, 1.54) is 11.3 Å². The Balaban J connectivity index is 2.18. The number of carbonyl (C=O) groups excluding carboxylic acids is 1. The highest BCUT2D eigenvalue weighted by Crippen LogP contribution is 2.32. The van der Waals surface area contributed by atoms with Gasteiger partial charge in [-0.15, -0.1) is 11.3 Å². The van der Waals surface area contributed by atoms with E-state index in [2.05, 4.69) is 11.4 Å². The van der Waals surface area contributed by atoms with Gasteiger partial charge in [0, 0.05) is 10.4 Å². The Morgan fingerprint density at radius 2 is 2.00 bits per heavy atom. The fourth-order valence-corrected chi connectivity index (χ4v) is 2.90. The predicted molar refractivity (Wildman–Crippen MR) is 84.1 cm³/mol. The van der Waals surface area contributed by atoms with Gasteiger partial charge in [0.05, 0.1) is 12.2 Å². The summed E-state index contributed by atoms with van der Waals surface area (Å²) in [6.45, 7) is 6.32. The number of amides is 1. The molecule has 0 atom stereocenters. The van der Waals surface area contributed by atoms with Gasteiger partial charge in [0.15, 0.2) is 0 Å². The van der Waals surface area contributed by atoms with E-state index in [1.54, 1.807) is 24.3 Å². The van der Waals surface area contributed by atoms with Crippen molar-refractivity contribution in [3.05, 3.63) is 45.8 Å². The molecule has 1 amide bonds. The molecule has 0 aliphatic rings. The molecule has 0 aliphatic carbocycles. The lowest BCUT2D eigenvalue weighted by atomic mass is 10.1. The first kappa shape index (κ1) is 15.1. The monoisotopic (exact) mass is 300 g/mol. The Bertz CT molecular complexity index is 696. The van der Waals surface area contributed by atoms with Gasteiger partial charge in [-0.3, -0.25) is 4.79 Å². The van der Waals surface area contributed by atoms with Crippen molar-refractivity contribution in [2.75, 3.05) is 11.9 Å². The van der Waals surface area contributed by atoms with E-state index < -0.39 is 0 Å². The zero-order valence-electron chi connectivity index (χ0n) is 12.2. The summed E-state index contributed by atoms with van der Waals surface area (Å²) in [4.78, 5) is 13.3. The molecular weight excluding hydrogens is 284 g/mol. The highest BCUT2D eigenvalue weighted by atomic mass is 32.1. The molecule has 0 saturated heterocycles. The van der Waals surface area contributed by atoms with Crippen LogP contribution in [0.1, 0.15) is 33.3 Å². The van der Waals surface area contributed by atoms with Gasteiger partial charge in [-0.25, -0.2) is 0 Å². The number of aryl methyl sites for hydroxylation is 1. The molecule has 21 heavy (non-hydrogen) atoms. The number of rotatable bonds is 4. The average molecular weight is 300 g/mol. The van der Waals surface area contributed by atoms with Gasteiger partial charge in [-0.05, 0) is 50.6 Å². The first-order chi connectivity index (χ1) is 10.1. The molecule has 0 unspecified atom stereocenters. The molecule has 0 aliphatic heterocycles. The third-order valence-corrected chi connectivity index (χ3v) is 4.27. The van der Waals surface area contributed by atoms with Crippen molar-refractivity contribution in [1.29, 1.82) is 5.26 Å². The van der Waals surface area contributed by atoms with Crippen LogP contribution >= 0.6 is 11.3 Å². The number of nitriles is 1. The molecule has 108 valence electrons. The van der Waals surface area contributed by atoms with Gasteiger partial charge in [-0.2, -0.15) is 5.26 Å². The lowest BCUT2D eigenvalue weighted by molar-refractivity contribution is 0.102. The molecule has 1 N–H and O–H groups in total. The number of benzene rings is 1. The molecule has 0 fully saturated rings. The van der Waals surface area contributed by atoms with Gasteiger partial charge in [0.25, 0.3) is 5.91 Å². The standard InChI is InChI=1S/C16H16N2O2S/c1-4-20-13-7-5-12(6-8-13)15(19)18-16-14(9-17)10(2)11(3)21-16/h5-8H,4H2,1-3H3,(H,18,19). The highest BCUT2D eigenvalue weighted by Gasteiger charge is 2.15. The molecule has 4 nitrogen and oxygen atoms in total. The molecule has 0 saturated carbocycles. The van der Waals surface area contributed by atoms with Gasteiger partial charge >= 0.3 is 0 Å². The zero-order chi connectivity index (χ0) is 15.4. The average Bonchev–Trinajstić information content (AvgIpc) is 2.74. The molecule has 1 aromatic carbocycles. The number of nitrogens with zero attached hydrogens (tertiary/aromatic N) is 1. The van der Waals surface area contributed by atoms with Crippen molar-refractivity contribution in [2.45, 2.75) is 20.8 Å². The summed E-state index contributed by atoms with van der Waals surface area (Å²) in [6, 6.07) is 9.08. The number of carbonyl (C=O) groups is 1. The first-order valence-electron chi connectivity index (χ1n) is 6.61. The van der Waals surface area contributed by atoms with Crippen molar-refractivity contribution < 1.29 is 9.53 Å². The molecular formula is C16H16N2O2S. The fraction of sp³-hybridized carbons (Fsp3) is 0.250. The van der Waals surface area contributed by atoms with Crippen molar-refractivity contribution in [3.63, 3.8) is 0 Å². The Kier molecular flexibility index (Phi) is 4.61. The maximum Gasteiger partial charge on any atom is 0.256 e. The van der Waals surface area contributed by atoms with Gasteiger partial charge in [0.1, 0.15) is 16.8 Å². The lowest BCUT2D eigenvalue weighted by Gasteiger charge is -2.05. The molecule has 5 heteroatoms. The maximum atomic E-state index is 12.2. The summed E-state index contributed by atoms with van der Waals surface area (Å²) in [6.07, 6.45) is 0. The van der Waals surface area contributed by atoms with Crippen LogP contribution in [-0.2, 0) is 0 Å². The lowest BCUT2D eigenvalue weighted by Crippen LogP contribution is -2.11. The Hall–Kier alpha value is -2.32. The molecule has 0 radical (unpaired) electrons. The third kappa shape index (κ3) is 3.23. The Labute approximate surface area is 128 Å². The normalized spacial score (nSPS) is 10.0. The Morgan fingerprint density at radius 1 is 1.33 bits per heavy atom. The number of thiophene rings is 1. The van der Waals surface area contributed by atoms with E-state index in [4.69, 9.17) is 4.74 Å². The number of ether oxygens (including phenoxy) is 1. The van der Waals surface area contributed by atoms with Crippen molar-refractivity contribution in [2.24, 2.45) is 0 Å². The summed E-state index contributed by atoms with van der Waals surface area (Å²) >= 11 is 1.42. The number of nitrogens with one attached hydrogen (secondary N) is 1. The van der Waals surface area contributed by atoms with Crippen LogP contribution in [0.15, 0.2) is 24.3 Å².